The van der Waals surface area contributed by atoms with Crippen LogP contribution in [0.3, 0.4) is 0 Å². The van der Waals surface area contributed by atoms with Crippen molar-refractivity contribution in [3.8, 4) is 28.8 Å². The molecule has 0 radical (unpaired) electrons. The van der Waals surface area contributed by atoms with E-state index in [0.29, 0.717) is 22.4 Å². The van der Waals surface area contributed by atoms with Crippen molar-refractivity contribution >= 4 is 21.1 Å². The Morgan fingerprint density at radius 1 is 0.947 bits per heavy atom. The largest absolute Gasteiger partial charge is 0.508 e. The van der Waals surface area contributed by atoms with Gasteiger partial charge in [0.15, 0.2) is 5.65 Å². The summed E-state index contributed by atoms with van der Waals surface area (Å²) in [6, 6.07) is 14.8. The number of aryl methyl sites for hydroxylation is 3. The summed E-state index contributed by atoms with van der Waals surface area (Å²) in [5.41, 5.74) is 3.43. The van der Waals surface area contributed by atoms with Gasteiger partial charge in [-0.05, 0) is 69.2 Å². The maximum Gasteiger partial charge on any atom is 0.269 e. The molecular weight excluding hydrogens is 502 g/mol. The molecule has 0 saturated heterocycles. The van der Waals surface area contributed by atoms with E-state index < -0.39 is 15.6 Å². The van der Waals surface area contributed by atoms with E-state index in [2.05, 4.69) is 9.97 Å². The Morgan fingerprint density at radius 2 is 1.66 bits per heavy atom. The van der Waals surface area contributed by atoms with Gasteiger partial charge in [-0.3, -0.25) is 9.36 Å². The van der Waals surface area contributed by atoms with Gasteiger partial charge in [-0.15, -0.1) is 0 Å². The van der Waals surface area contributed by atoms with Gasteiger partial charge in [0, 0.05) is 17.3 Å². The first-order valence-corrected chi connectivity index (χ1v) is 13.1. The highest BCUT2D eigenvalue weighted by molar-refractivity contribution is 7.90. The standard InChI is InChI=1S/C28H23N5O4S/c1-16-5-8-21(9-6-16)38(36,37)33-24(20-11-18(3)23(13-29)30-14-20)12-22-27(33)31-15-32(28(22)35)26-17(2)7-10-25(34)19(26)4/h5-12,14-15,34H,1-4H3. The summed E-state index contributed by atoms with van der Waals surface area (Å²) in [4.78, 5) is 22.4. The Labute approximate surface area is 219 Å². The summed E-state index contributed by atoms with van der Waals surface area (Å²) >= 11 is 0. The molecule has 0 aliphatic rings. The molecule has 0 amide bonds. The van der Waals surface area contributed by atoms with E-state index in [1.807, 2.05) is 19.9 Å². The second kappa shape index (κ2) is 8.97. The van der Waals surface area contributed by atoms with Crippen LogP contribution in [0.15, 0.2) is 70.7 Å². The van der Waals surface area contributed by atoms with Crippen molar-refractivity contribution in [3.05, 3.63) is 99.4 Å². The second-order valence-electron chi connectivity index (χ2n) is 9.15. The molecule has 0 unspecified atom stereocenters. The van der Waals surface area contributed by atoms with Gasteiger partial charge in [0.2, 0.25) is 0 Å². The van der Waals surface area contributed by atoms with Crippen LogP contribution in [0, 0.1) is 39.0 Å². The molecule has 1 N–H and O–H groups in total. The van der Waals surface area contributed by atoms with Crippen molar-refractivity contribution in [1.82, 2.24) is 18.5 Å². The smallest absolute Gasteiger partial charge is 0.269 e. The lowest BCUT2D eigenvalue weighted by Crippen LogP contribution is -2.21. The van der Waals surface area contributed by atoms with E-state index >= 15 is 0 Å². The Balaban J connectivity index is 1.87. The summed E-state index contributed by atoms with van der Waals surface area (Å²) in [7, 11) is -4.19. The van der Waals surface area contributed by atoms with Crippen LogP contribution in [0.5, 0.6) is 5.75 Å². The first-order valence-electron chi connectivity index (χ1n) is 11.7. The molecule has 0 saturated carbocycles. The van der Waals surface area contributed by atoms with E-state index in [1.165, 1.54) is 35.3 Å². The van der Waals surface area contributed by atoms with Gasteiger partial charge in [0.05, 0.1) is 21.7 Å². The molecule has 190 valence electrons. The topological polar surface area (TPSA) is 131 Å². The minimum Gasteiger partial charge on any atom is -0.508 e. The summed E-state index contributed by atoms with van der Waals surface area (Å²) in [5, 5.41) is 19.6. The van der Waals surface area contributed by atoms with Crippen LogP contribution in [-0.2, 0) is 10.0 Å². The average molecular weight is 526 g/mol. The summed E-state index contributed by atoms with van der Waals surface area (Å²) in [6.07, 6.45) is 2.68. The van der Waals surface area contributed by atoms with Crippen LogP contribution in [0.4, 0.5) is 0 Å². The Morgan fingerprint density at radius 3 is 2.32 bits per heavy atom. The van der Waals surface area contributed by atoms with Gasteiger partial charge in [0.1, 0.15) is 23.8 Å². The van der Waals surface area contributed by atoms with Gasteiger partial charge in [-0.1, -0.05) is 23.8 Å². The molecule has 3 heterocycles. The highest BCUT2D eigenvalue weighted by atomic mass is 32.2. The summed E-state index contributed by atoms with van der Waals surface area (Å²) in [5.74, 6) is 0.0249. The number of benzene rings is 2. The Bertz CT molecular complexity index is 1960. The molecule has 2 aromatic carbocycles. The lowest BCUT2D eigenvalue weighted by molar-refractivity contribution is 0.470. The highest BCUT2D eigenvalue weighted by Gasteiger charge is 2.27. The van der Waals surface area contributed by atoms with Crippen molar-refractivity contribution in [1.29, 1.82) is 5.26 Å². The minimum atomic E-state index is -4.19. The van der Waals surface area contributed by atoms with Crippen molar-refractivity contribution in [2.45, 2.75) is 32.6 Å². The number of nitrogens with zero attached hydrogens (tertiary/aromatic N) is 5. The normalized spacial score (nSPS) is 11.6. The zero-order chi connectivity index (χ0) is 27.4. The fourth-order valence-electron chi connectivity index (χ4n) is 4.50. The molecule has 5 rings (SSSR count). The number of phenols is 1. The van der Waals surface area contributed by atoms with E-state index in [9.17, 15) is 23.6 Å². The summed E-state index contributed by atoms with van der Waals surface area (Å²) < 4.78 is 30.3. The predicted octanol–water partition coefficient (Wildman–Crippen LogP) is 4.30. The summed E-state index contributed by atoms with van der Waals surface area (Å²) in [6.45, 7) is 7.06. The van der Waals surface area contributed by atoms with Crippen LogP contribution in [-0.4, -0.2) is 32.0 Å². The number of pyridine rings is 1. The lowest BCUT2D eigenvalue weighted by Gasteiger charge is -2.14. The third-order valence-electron chi connectivity index (χ3n) is 6.56. The molecule has 3 aromatic heterocycles. The molecule has 0 aliphatic heterocycles. The first-order chi connectivity index (χ1) is 18.0. The van der Waals surface area contributed by atoms with Crippen molar-refractivity contribution < 1.29 is 13.5 Å². The zero-order valence-corrected chi connectivity index (χ0v) is 21.9. The maximum atomic E-state index is 13.9. The van der Waals surface area contributed by atoms with Crippen LogP contribution >= 0.6 is 0 Å². The van der Waals surface area contributed by atoms with Crippen LogP contribution < -0.4 is 5.56 Å². The number of phenolic OH excluding ortho intramolecular Hbond substituents is 1. The quantitative estimate of drug-likeness (QED) is 0.370. The lowest BCUT2D eigenvalue weighted by atomic mass is 10.1. The molecule has 10 heteroatoms. The zero-order valence-electron chi connectivity index (χ0n) is 21.1. The minimum absolute atomic E-state index is 0.0249. The third-order valence-corrected chi connectivity index (χ3v) is 8.28. The number of hydrogen-bond acceptors (Lipinski definition) is 7. The van der Waals surface area contributed by atoms with Gasteiger partial charge in [-0.25, -0.2) is 22.4 Å². The van der Waals surface area contributed by atoms with Crippen LogP contribution in [0.2, 0.25) is 0 Å². The fraction of sp³-hybridized carbons (Fsp3) is 0.143. The molecule has 0 spiro atoms. The number of rotatable bonds is 4. The molecule has 9 nitrogen and oxygen atoms in total. The van der Waals surface area contributed by atoms with E-state index in [-0.39, 0.29) is 33.1 Å². The number of aromatic hydroxyl groups is 1. The highest BCUT2D eigenvalue weighted by Crippen LogP contribution is 2.32. The molecule has 38 heavy (non-hydrogen) atoms. The van der Waals surface area contributed by atoms with Gasteiger partial charge in [0.25, 0.3) is 15.6 Å². The van der Waals surface area contributed by atoms with Gasteiger partial charge in [-0.2, -0.15) is 5.26 Å². The molecule has 0 atom stereocenters. The second-order valence-corrected chi connectivity index (χ2v) is 10.9. The number of hydrogen-bond donors (Lipinski definition) is 1. The van der Waals surface area contributed by atoms with Gasteiger partial charge < -0.3 is 5.11 Å². The van der Waals surface area contributed by atoms with Crippen molar-refractivity contribution in [2.75, 3.05) is 0 Å². The average Bonchev–Trinajstić information content (AvgIpc) is 3.29. The van der Waals surface area contributed by atoms with Crippen molar-refractivity contribution in [2.24, 2.45) is 0 Å². The molecule has 5 aromatic rings. The molecule has 0 fully saturated rings. The fourth-order valence-corrected chi connectivity index (χ4v) is 5.98. The van der Waals surface area contributed by atoms with Crippen molar-refractivity contribution in [3.63, 3.8) is 0 Å². The SMILES string of the molecule is Cc1ccc(S(=O)(=O)n2c(-c3cnc(C#N)c(C)c3)cc3c(=O)n(-c4c(C)ccc(O)c4C)cnc32)cc1. The Hall–Kier alpha value is -4.75. The Kier molecular flexibility index (Phi) is 5.88. The predicted molar refractivity (Wildman–Crippen MR) is 143 cm³/mol. The number of nitriles is 1. The maximum absolute atomic E-state index is 13.9. The van der Waals surface area contributed by atoms with Gasteiger partial charge >= 0.3 is 0 Å². The first kappa shape index (κ1) is 24.9. The van der Waals surface area contributed by atoms with E-state index in [4.69, 9.17) is 0 Å². The molecule has 0 aliphatic carbocycles. The van der Waals surface area contributed by atoms with Crippen LogP contribution in [0.1, 0.15) is 27.9 Å². The van der Waals surface area contributed by atoms with E-state index in [0.717, 1.165) is 15.1 Å². The third kappa shape index (κ3) is 3.84. The number of aromatic nitrogens is 4. The van der Waals surface area contributed by atoms with Crippen LogP contribution in [0.25, 0.3) is 28.0 Å². The number of fused-ring (bicyclic) bond motifs is 1. The van der Waals surface area contributed by atoms with E-state index in [1.54, 1.807) is 44.2 Å². The monoisotopic (exact) mass is 525 g/mol. The molecular formula is C28H23N5O4S. The molecule has 0 bridgehead atoms.